The van der Waals surface area contributed by atoms with E-state index in [4.69, 9.17) is 4.74 Å². The Morgan fingerprint density at radius 2 is 2.05 bits per heavy atom. The molecule has 7 nitrogen and oxygen atoms in total. The van der Waals surface area contributed by atoms with Crippen LogP contribution in [0.5, 0.6) is 0 Å². The van der Waals surface area contributed by atoms with E-state index in [2.05, 4.69) is 9.72 Å². The van der Waals surface area contributed by atoms with E-state index in [1.54, 1.807) is 40.5 Å². The fourth-order valence-corrected chi connectivity index (χ4v) is 1.89. The molecule has 0 aromatic carbocycles. The van der Waals surface area contributed by atoms with Gasteiger partial charge in [0.05, 0.1) is 26.6 Å². The summed E-state index contributed by atoms with van der Waals surface area (Å²) >= 11 is 0. The minimum absolute atomic E-state index is 0.0728. The monoisotopic (exact) mass is 289 g/mol. The van der Waals surface area contributed by atoms with Crippen molar-refractivity contribution >= 4 is 11.9 Å². The maximum absolute atomic E-state index is 12.0. The summed E-state index contributed by atoms with van der Waals surface area (Å²) in [5.41, 5.74) is 0.0728. The SMILES string of the molecule is COC(=O)/C=C(\C(=O)OC)N1C=CC=CC1n1ccnc1. The Morgan fingerprint density at radius 1 is 1.24 bits per heavy atom. The number of esters is 2. The highest BCUT2D eigenvalue weighted by molar-refractivity contribution is 5.96. The molecule has 2 heterocycles. The van der Waals surface area contributed by atoms with Crippen LogP contribution in [-0.2, 0) is 19.1 Å². The summed E-state index contributed by atoms with van der Waals surface area (Å²) in [7, 11) is 2.50. The van der Waals surface area contributed by atoms with Crippen molar-refractivity contribution in [2.45, 2.75) is 6.17 Å². The van der Waals surface area contributed by atoms with Crippen LogP contribution < -0.4 is 0 Å². The number of carbonyl (C=O) groups excluding carboxylic acids is 2. The van der Waals surface area contributed by atoms with Crippen LogP contribution in [0.1, 0.15) is 6.17 Å². The first-order valence-electron chi connectivity index (χ1n) is 6.16. The summed E-state index contributed by atoms with van der Waals surface area (Å²) in [6, 6.07) is 0. The molecule has 0 spiro atoms. The fourth-order valence-electron chi connectivity index (χ4n) is 1.89. The van der Waals surface area contributed by atoms with Gasteiger partial charge in [-0.2, -0.15) is 0 Å². The summed E-state index contributed by atoms with van der Waals surface area (Å²) in [6.45, 7) is 0. The molecule has 110 valence electrons. The third-order valence-corrected chi connectivity index (χ3v) is 2.88. The molecule has 1 aromatic heterocycles. The van der Waals surface area contributed by atoms with Crippen LogP contribution >= 0.6 is 0 Å². The average Bonchev–Trinajstić information content (AvgIpc) is 3.06. The number of carbonyl (C=O) groups is 2. The zero-order valence-corrected chi connectivity index (χ0v) is 11.7. The zero-order valence-electron chi connectivity index (χ0n) is 11.7. The molecule has 21 heavy (non-hydrogen) atoms. The van der Waals surface area contributed by atoms with Gasteiger partial charge in [-0.05, 0) is 12.2 Å². The second-order valence-corrected chi connectivity index (χ2v) is 4.10. The minimum atomic E-state index is -0.636. The van der Waals surface area contributed by atoms with Gasteiger partial charge in [-0.3, -0.25) is 0 Å². The summed E-state index contributed by atoms with van der Waals surface area (Å²) < 4.78 is 11.1. The second kappa shape index (κ2) is 6.56. The van der Waals surface area contributed by atoms with Crippen molar-refractivity contribution in [3.8, 4) is 0 Å². The van der Waals surface area contributed by atoms with E-state index in [1.165, 1.54) is 14.2 Å². The number of allylic oxidation sites excluding steroid dienone is 2. The summed E-state index contributed by atoms with van der Waals surface area (Å²) in [4.78, 5) is 29.0. The van der Waals surface area contributed by atoms with Crippen LogP contribution in [-0.4, -0.2) is 40.6 Å². The molecule has 1 aliphatic heterocycles. The number of rotatable bonds is 4. The van der Waals surface area contributed by atoms with E-state index in [0.29, 0.717) is 0 Å². The van der Waals surface area contributed by atoms with E-state index in [-0.39, 0.29) is 11.9 Å². The fraction of sp³-hybridized carbons (Fsp3) is 0.214. The number of imidazole rings is 1. The quantitative estimate of drug-likeness (QED) is 0.608. The number of hydrogen-bond acceptors (Lipinski definition) is 6. The molecule has 0 N–H and O–H groups in total. The van der Waals surface area contributed by atoms with Gasteiger partial charge in [-0.15, -0.1) is 0 Å². The molecule has 1 aromatic rings. The van der Waals surface area contributed by atoms with Crippen LogP contribution in [0, 0.1) is 0 Å². The Bertz CT molecular complexity index is 602. The van der Waals surface area contributed by atoms with E-state index < -0.39 is 11.9 Å². The standard InChI is InChI=1S/C14H15N3O4/c1-20-13(18)9-11(14(19)21-2)17-7-4-3-5-12(17)16-8-6-15-10-16/h3-10,12H,1-2H3/b11-9+. The summed E-state index contributed by atoms with van der Waals surface area (Å²) in [5, 5.41) is 0. The summed E-state index contributed by atoms with van der Waals surface area (Å²) in [6.07, 6.45) is 12.9. The maximum atomic E-state index is 12.0. The molecule has 0 saturated heterocycles. The van der Waals surface area contributed by atoms with Crippen molar-refractivity contribution in [3.63, 3.8) is 0 Å². The Balaban J connectivity index is 2.39. The molecular weight excluding hydrogens is 274 g/mol. The van der Waals surface area contributed by atoms with E-state index in [0.717, 1.165) is 6.08 Å². The van der Waals surface area contributed by atoms with Crippen LogP contribution in [0.2, 0.25) is 0 Å². The van der Waals surface area contributed by atoms with Crippen molar-refractivity contribution in [1.82, 2.24) is 14.5 Å². The molecule has 0 bridgehead atoms. The number of ether oxygens (including phenoxy) is 2. The molecular formula is C14H15N3O4. The lowest BCUT2D eigenvalue weighted by molar-refractivity contribution is -0.140. The highest BCUT2D eigenvalue weighted by Gasteiger charge is 2.26. The minimum Gasteiger partial charge on any atom is -0.466 e. The van der Waals surface area contributed by atoms with Gasteiger partial charge in [0, 0.05) is 18.6 Å². The topological polar surface area (TPSA) is 73.7 Å². The van der Waals surface area contributed by atoms with Crippen molar-refractivity contribution in [2.24, 2.45) is 0 Å². The predicted molar refractivity (Wildman–Crippen MR) is 73.5 cm³/mol. The molecule has 0 amide bonds. The molecule has 1 atom stereocenters. The van der Waals surface area contributed by atoms with Gasteiger partial charge in [0.25, 0.3) is 0 Å². The Hall–Kier alpha value is -2.83. The first kappa shape index (κ1) is 14.6. The molecule has 0 saturated carbocycles. The first-order chi connectivity index (χ1) is 10.2. The largest absolute Gasteiger partial charge is 0.466 e. The van der Waals surface area contributed by atoms with Gasteiger partial charge >= 0.3 is 11.9 Å². The average molecular weight is 289 g/mol. The van der Waals surface area contributed by atoms with Crippen LogP contribution in [0.3, 0.4) is 0 Å². The first-order valence-corrected chi connectivity index (χ1v) is 6.16. The smallest absolute Gasteiger partial charge is 0.355 e. The van der Waals surface area contributed by atoms with Gasteiger partial charge in [-0.25, -0.2) is 14.6 Å². The van der Waals surface area contributed by atoms with Gasteiger partial charge in [0.1, 0.15) is 11.9 Å². The molecule has 0 aliphatic carbocycles. The Morgan fingerprint density at radius 3 is 2.67 bits per heavy atom. The highest BCUT2D eigenvalue weighted by Crippen LogP contribution is 2.24. The number of aromatic nitrogens is 2. The van der Waals surface area contributed by atoms with E-state index >= 15 is 0 Å². The van der Waals surface area contributed by atoms with Crippen molar-refractivity contribution in [1.29, 1.82) is 0 Å². The van der Waals surface area contributed by atoms with Gasteiger partial charge in [0.2, 0.25) is 0 Å². The Kier molecular flexibility index (Phi) is 4.55. The van der Waals surface area contributed by atoms with E-state index in [1.807, 2.05) is 12.2 Å². The van der Waals surface area contributed by atoms with Gasteiger partial charge < -0.3 is 18.9 Å². The highest BCUT2D eigenvalue weighted by atomic mass is 16.5. The normalized spacial score (nSPS) is 17.7. The number of methoxy groups -OCH3 is 2. The van der Waals surface area contributed by atoms with Crippen LogP contribution in [0.25, 0.3) is 0 Å². The number of nitrogens with zero attached hydrogens (tertiary/aromatic N) is 3. The van der Waals surface area contributed by atoms with Gasteiger partial charge in [-0.1, -0.05) is 6.08 Å². The van der Waals surface area contributed by atoms with Crippen molar-refractivity contribution in [2.75, 3.05) is 14.2 Å². The third kappa shape index (κ3) is 3.19. The van der Waals surface area contributed by atoms with E-state index in [9.17, 15) is 9.59 Å². The molecule has 0 fully saturated rings. The molecule has 1 aliphatic rings. The Labute approximate surface area is 121 Å². The third-order valence-electron chi connectivity index (χ3n) is 2.88. The van der Waals surface area contributed by atoms with Gasteiger partial charge in [0.15, 0.2) is 0 Å². The van der Waals surface area contributed by atoms with Crippen LogP contribution in [0.15, 0.2) is 54.9 Å². The molecule has 2 rings (SSSR count). The predicted octanol–water partition coefficient (Wildman–Crippen LogP) is 0.997. The van der Waals surface area contributed by atoms with Crippen molar-refractivity contribution in [3.05, 3.63) is 54.9 Å². The number of hydrogen-bond donors (Lipinski definition) is 0. The van der Waals surface area contributed by atoms with Crippen LogP contribution in [0.4, 0.5) is 0 Å². The lowest BCUT2D eigenvalue weighted by Gasteiger charge is -2.31. The zero-order chi connectivity index (χ0) is 15.2. The van der Waals surface area contributed by atoms with Crippen molar-refractivity contribution < 1.29 is 19.1 Å². The molecule has 1 unspecified atom stereocenters. The maximum Gasteiger partial charge on any atom is 0.355 e. The molecule has 7 heteroatoms. The molecule has 0 radical (unpaired) electrons. The lowest BCUT2D eigenvalue weighted by Crippen LogP contribution is -2.32. The lowest BCUT2D eigenvalue weighted by atomic mass is 10.2. The summed E-state index contributed by atoms with van der Waals surface area (Å²) in [5.74, 6) is -1.27. The second-order valence-electron chi connectivity index (χ2n) is 4.10.